The van der Waals surface area contributed by atoms with Crippen molar-refractivity contribution in [1.82, 2.24) is 24.6 Å². The first-order valence-corrected chi connectivity index (χ1v) is 12.1. The highest BCUT2D eigenvalue weighted by atomic mass is 16.1. The van der Waals surface area contributed by atoms with Gasteiger partial charge in [-0.05, 0) is 75.0 Å². The summed E-state index contributed by atoms with van der Waals surface area (Å²) < 4.78 is 3.85. The fourth-order valence-corrected chi connectivity index (χ4v) is 4.94. The topological polar surface area (TPSA) is 76.8 Å². The number of anilines is 2. The molecule has 6 rings (SSSR count). The van der Waals surface area contributed by atoms with E-state index in [0.717, 1.165) is 60.8 Å². The fraction of sp³-hybridized carbons (Fsp3) is 0.370. The van der Waals surface area contributed by atoms with Crippen LogP contribution in [0.5, 0.6) is 0 Å². The Hall–Kier alpha value is -3.45. The lowest BCUT2D eigenvalue weighted by Gasteiger charge is -2.18. The van der Waals surface area contributed by atoms with E-state index >= 15 is 0 Å². The summed E-state index contributed by atoms with van der Waals surface area (Å²) >= 11 is 0. The normalized spacial score (nSPS) is 16.6. The van der Waals surface area contributed by atoms with Crippen LogP contribution in [0.25, 0.3) is 16.6 Å². The van der Waals surface area contributed by atoms with E-state index in [0.29, 0.717) is 5.39 Å². The lowest BCUT2D eigenvalue weighted by molar-refractivity contribution is 0.477. The minimum absolute atomic E-state index is 0.00121. The highest BCUT2D eigenvalue weighted by Gasteiger charge is 2.40. The molecular formula is C27H30N6O. The summed E-state index contributed by atoms with van der Waals surface area (Å²) in [6, 6.07) is 12.6. The number of fused-ring (bicyclic) bond motifs is 2. The quantitative estimate of drug-likeness (QED) is 0.461. The Morgan fingerprint density at radius 1 is 1.09 bits per heavy atom. The fourth-order valence-electron chi connectivity index (χ4n) is 4.94. The van der Waals surface area contributed by atoms with Gasteiger partial charge in [-0.2, -0.15) is 0 Å². The molecule has 0 amide bonds. The van der Waals surface area contributed by atoms with Gasteiger partial charge < -0.3 is 10.6 Å². The average molecular weight is 455 g/mol. The molecule has 1 aromatic carbocycles. The molecule has 2 N–H and O–H groups in total. The largest absolute Gasteiger partial charge is 0.340 e. The second-order valence-electron chi connectivity index (χ2n) is 10.1. The third kappa shape index (κ3) is 3.51. The first-order chi connectivity index (χ1) is 16.4. The summed E-state index contributed by atoms with van der Waals surface area (Å²) in [6.45, 7) is 8.25. The second kappa shape index (κ2) is 7.81. The van der Waals surface area contributed by atoms with E-state index in [1.807, 2.05) is 41.5 Å². The number of benzene rings is 1. The van der Waals surface area contributed by atoms with Crippen molar-refractivity contribution < 1.29 is 0 Å². The Kier molecular flexibility index (Phi) is 4.85. The van der Waals surface area contributed by atoms with Gasteiger partial charge in [-0.3, -0.25) is 9.78 Å². The zero-order valence-corrected chi connectivity index (χ0v) is 19.9. The molecule has 0 atom stereocenters. The van der Waals surface area contributed by atoms with Gasteiger partial charge in [-0.15, -0.1) is 0 Å². The molecule has 4 heterocycles. The van der Waals surface area contributed by atoms with Gasteiger partial charge in [0.1, 0.15) is 5.82 Å². The van der Waals surface area contributed by atoms with Crippen LogP contribution in [0.1, 0.15) is 56.5 Å². The number of hydrogen-bond acceptors (Lipinski definition) is 5. The molecule has 34 heavy (non-hydrogen) atoms. The van der Waals surface area contributed by atoms with Crippen LogP contribution in [-0.4, -0.2) is 25.9 Å². The number of aromatic nitrogens is 4. The number of rotatable bonds is 5. The monoisotopic (exact) mass is 454 g/mol. The van der Waals surface area contributed by atoms with Crippen LogP contribution in [0.3, 0.4) is 0 Å². The molecule has 1 aliphatic carbocycles. The minimum Gasteiger partial charge on any atom is -0.340 e. The Bertz CT molecular complexity index is 1460. The van der Waals surface area contributed by atoms with Gasteiger partial charge in [0, 0.05) is 47.8 Å². The van der Waals surface area contributed by atoms with Crippen LogP contribution < -0.4 is 16.2 Å². The molecule has 0 bridgehead atoms. The molecule has 0 radical (unpaired) electrons. The molecule has 2 aliphatic rings. The van der Waals surface area contributed by atoms with E-state index in [4.69, 9.17) is 0 Å². The van der Waals surface area contributed by atoms with Crippen LogP contribution in [0.15, 0.2) is 53.6 Å². The van der Waals surface area contributed by atoms with Gasteiger partial charge in [0.05, 0.1) is 16.6 Å². The number of nitrogens with one attached hydrogen (secondary N) is 2. The summed E-state index contributed by atoms with van der Waals surface area (Å²) in [5.41, 5.74) is 6.74. The van der Waals surface area contributed by atoms with Crippen molar-refractivity contribution in [1.29, 1.82) is 0 Å². The summed E-state index contributed by atoms with van der Waals surface area (Å²) in [4.78, 5) is 22.6. The summed E-state index contributed by atoms with van der Waals surface area (Å²) in [6.07, 6.45) is 6.89. The molecule has 174 valence electrons. The Labute approximate surface area is 198 Å². The van der Waals surface area contributed by atoms with Gasteiger partial charge in [-0.1, -0.05) is 13.0 Å². The molecule has 1 aliphatic heterocycles. The van der Waals surface area contributed by atoms with E-state index in [-0.39, 0.29) is 17.0 Å². The maximum atomic E-state index is 13.3. The van der Waals surface area contributed by atoms with E-state index < -0.39 is 0 Å². The van der Waals surface area contributed by atoms with Crippen molar-refractivity contribution in [2.24, 2.45) is 0 Å². The molecule has 0 spiro atoms. The molecule has 0 unspecified atom stereocenters. The van der Waals surface area contributed by atoms with Crippen LogP contribution in [0, 0.1) is 0 Å². The molecule has 3 aromatic heterocycles. The van der Waals surface area contributed by atoms with Crippen molar-refractivity contribution in [2.45, 2.75) is 58.0 Å². The smallest absolute Gasteiger partial charge is 0.276 e. The summed E-state index contributed by atoms with van der Waals surface area (Å²) in [5.74, 6) is 0.722. The lowest BCUT2D eigenvalue weighted by atomic mass is 10.0. The molecule has 7 heteroatoms. The van der Waals surface area contributed by atoms with Crippen molar-refractivity contribution in [2.75, 3.05) is 11.9 Å². The van der Waals surface area contributed by atoms with E-state index in [1.54, 1.807) is 6.20 Å². The van der Waals surface area contributed by atoms with Crippen molar-refractivity contribution in [3.05, 3.63) is 76.0 Å². The maximum Gasteiger partial charge on any atom is 0.276 e. The zero-order chi connectivity index (χ0) is 23.4. The number of pyridine rings is 2. The molecule has 7 nitrogen and oxygen atoms in total. The van der Waals surface area contributed by atoms with Gasteiger partial charge in [0.2, 0.25) is 0 Å². The van der Waals surface area contributed by atoms with Gasteiger partial charge in [0.25, 0.3) is 5.56 Å². The van der Waals surface area contributed by atoms with Crippen LogP contribution in [0.2, 0.25) is 0 Å². The highest BCUT2D eigenvalue weighted by Crippen LogP contribution is 2.47. The average Bonchev–Trinajstić information content (AvgIpc) is 3.53. The van der Waals surface area contributed by atoms with Gasteiger partial charge in [-0.25, -0.2) is 14.3 Å². The van der Waals surface area contributed by atoms with E-state index in [1.165, 1.54) is 11.1 Å². The van der Waals surface area contributed by atoms with Crippen LogP contribution in [0.4, 0.5) is 11.5 Å². The standard InChI is InChI=1S/C27H30N6O/c1-17(2)32-26(34)22-16-30-25(31-20-5-4-19-15-28-10-6-18(19)12-20)14-23(22)33(32)21-7-11-29-24(13-21)27(3)8-9-27/h4-5,7,11-14,16-17,28H,6,8-10,15H2,1-3H3,(H,30,31). The lowest BCUT2D eigenvalue weighted by Crippen LogP contribution is -2.24. The summed E-state index contributed by atoms with van der Waals surface area (Å²) in [5, 5.41) is 7.49. The van der Waals surface area contributed by atoms with E-state index in [9.17, 15) is 4.79 Å². The van der Waals surface area contributed by atoms with Gasteiger partial charge in [0.15, 0.2) is 0 Å². The zero-order valence-electron chi connectivity index (χ0n) is 19.9. The Morgan fingerprint density at radius 2 is 1.94 bits per heavy atom. The Morgan fingerprint density at radius 3 is 2.74 bits per heavy atom. The highest BCUT2D eigenvalue weighted by molar-refractivity contribution is 5.83. The molecule has 4 aromatic rings. The van der Waals surface area contributed by atoms with Crippen LogP contribution >= 0.6 is 0 Å². The minimum atomic E-state index is -0.0265. The van der Waals surface area contributed by atoms with E-state index in [2.05, 4.69) is 51.8 Å². The number of nitrogens with zero attached hydrogens (tertiary/aromatic N) is 4. The molecule has 0 saturated heterocycles. The maximum absolute atomic E-state index is 13.3. The first-order valence-electron chi connectivity index (χ1n) is 12.1. The van der Waals surface area contributed by atoms with Crippen molar-refractivity contribution >= 4 is 22.4 Å². The predicted octanol–water partition coefficient (Wildman–Crippen LogP) is 4.60. The molecule has 1 saturated carbocycles. The third-order valence-electron chi connectivity index (χ3n) is 7.23. The van der Waals surface area contributed by atoms with Crippen molar-refractivity contribution in [3.8, 4) is 5.69 Å². The van der Waals surface area contributed by atoms with Crippen LogP contribution in [-0.2, 0) is 18.4 Å². The molecule has 1 fully saturated rings. The predicted molar refractivity (Wildman–Crippen MR) is 135 cm³/mol. The first kappa shape index (κ1) is 21.1. The molecular weight excluding hydrogens is 424 g/mol. The Balaban J connectivity index is 1.46. The third-order valence-corrected chi connectivity index (χ3v) is 7.23. The second-order valence-corrected chi connectivity index (χ2v) is 10.1. The van der Waals surface area contributed by atoms with Gasteiger partial charge >= 0.3 is 0 Å². The summed E-state index contributed by atoms with van der Waals surface area (Å²) in [7, 11) is 0. The SMILES string of the molecule is CC(C)n1c(=O)c2cnc(Nc3ccc4c(c3)CCNC4)cc2n1-c1ccnc(C2(C)CC2)c1. The number of hydrogen-bond donors (Lipinski definition) is 2. The van der Waals surface area contributed by atoms with Crippen molar-refractivity contribution in [3.63, 3.8) is 0 Å².